The van der Waals surface area contributed by atoms with Crippen LogP contribution in [0.25, 0.3) is 0 Å². The normalized spacial score (nSPS) is 10.0. The van der Waals surface area contributed by atoms with Crippen LogP contribution in [0.3, 0.4) is 0 Å². The number of nitro benzene ring substituents is 1. The molecule has 2 rings (SSSR count). The molecule has 0 saturated heterocycles. The third-order valence-corrected chi connectivity index (χ3v) is 3.43. The molecule has 0 heterocycles. The first-order chi connectivity index (χ1) is 12.9. The summed E-state index contributed by atoms with van der Waals surface area (Å²) >= 11 is 0. The Morgan fingerprint density at radius 3 is 2.30 bits per heavy atom. The smallest absolute Gasteiger partial charge is 0.286 e. The van der Waals surface area contributed by atoms with Crippen LogP contribution in [0.15, 0.2) is 36.4 Å². The first-order valence-electron chi connectivity index (χ1n) is 7.73. The van der Waals surface area contributed by atoms with Crippen molar-refractivity contribution in [2.75, 3.05) is 13.7 Å². The summed E-state index contributed by atoms with van der Waals surface area (Å²) in [6.45, 7) is 1.93. The third-order valence-electron chi connectivity index (χ3n) is 3.43. The highest BCUT2D eigenvalue weighted by Gasteiger charge is 2.25. The quantitative estimate of drug-likeness (QED) is 0.588. The van der Waals surface area contributed by atoms with Gasteiger partial charge < -0.3 is 9.47 Å². The van der Waals surface area contributed by atoms with Crippen molar-refractivity contribution in [3.63, 3.8) is 0 Å². The Bertz CT molecular complexity index is 887. The molecule has 0 atom stereocenters. The van der Waals surface area contributed by atoms with Crippen LogP contribution in [0, 0.1) is 15.9 Å². The predicted octanol–water partition coefficient (Wildman–Crippen LogP) is 2.22. The van der Waals surface area contributed by atoms with Crippen molar-refractivity contribution in [3.05, 3.63) is 63.5 Å². The van der Waals surface area contributed by atoms with Crippen LogP contribution < -0.4 is 20.3 Å². The molecule has 0 aliphatic carbocycles. The zero-order chi connectivity index (χ0) is 20.0. The van der Waals surface area contributed by atoms with Crippen LogP contribution in [0.4, 0.5) is 10.1 Å². The fourth-order valence-electron chi connectivity index (χ4n) is 2.20. The lowest BCUT2D eigenvalue weighted by Crippen LogP contribution is -2.42. The number of hydrogen-bond donors (Lipinski definition) is 2. The van der Waals surface area contributed by atoms with E-state index in [0.717, 1.165) is 18.2 Å². The molecule has 9 nitrogen and oxygen atoms in total. The van der Waals surface area contributed by atoms with E-state index in [9.17, 15) is 24.1 Å². The zero-order valence-electron chi connectivity index (χ0n) is 14.4. The van der Waals surface area contributed by atoms with Gasteiger partial charge in [-0.3, -0.25) is 30.6 Å². The number of nitrogens with one attached hydrogen (secondary N) is 2. The summed E-state index contributed by atoms with van der Waals surface area (Å²) in [5.74, 6) is -2.47. The topological polar surface area (TPSA) is 120 Å². The molecule has 0 radical (unpaired) electrons. The van der Waals surface area contributed by atoms with Gasteiger partial charge >= 0.3 is 0 Å². The fourth-order valence-corrected chi connectivity index (χ4v) is 2.20. The molecule has 2 N–H and O–H groups in total. The SMILES string of the molecule is CCOc1cc(C(=O)NNC(=O)c2ccccc2F)c([N+](=O)[O-])cc1OC. The number of halogens is 1. The van der Waals surface area contributed by atoms with Gasteiger partial charge in [-0.15, -0.1) is 0 Å². The Morgan fingerprint density at radius 1 is 1.11 bits per heavy atom. The Labute approximate surface area is 153 Å². The van der Waals surface area contributed by atoms with E-state index in [1.165, 1.54) is 25.3 Å². The van der Waals surface area contributed by atoms with Crippen molar-refractivity contribution in [1.82, 2.24) is 10.9 Å². The Balaban J connectivity index is 2.26. The molecular formula is C17H16FN3O6. The molecular weight excluding hydrogens is 361 g/mol. The molecule has 2 amide bonds. The zero-order valence-corrected chi connectivity index (χ0v) is 14.4. The van der Waals surface area contributed by atoms with Gasteiger partial charge in [0.25, 0.3) is 17.5 Å². The second kappa shape index (κ2) is 8.61. The maximum atomic E-state index is 13.6. The van der Waals surface area contributed by atoms with Crippen LogP contribution in [0.2, 0.25) is 0 Å². The molecule has 0 bridgehead atoms. The highest BCUT2D eigenvalue weighted by atomic mass is 19.1. The second-order valence-electron chi connectivity index (χ2n) is 5.10. The number of amides is 2. The molecule has 0 spiro atoms. The van der Waals surface area contributed by atoms with Crippen molar-refractivity contribution in [1.29, 1.82) is 0 Å². The van der Waals surface area contributed by atoms with Gasteiger partial charge in [-0.2, -0.15) is 0 Å². The Morgan fingerprint density at radius 2 is 1.74 bits per heavy atom. The standard InChI is InChI=1S/C17H16FN3O6/c1-3-27-15-8-11(13(21(24)25)9-14(15)26-2)17(23)20-19-16(22)10-6-4-5-7-12(10)18/h4-9H,3H2,1-2H3,(H,19,22)(H,20,23). The summed E-state index contributed by atoms with van der Waals surface area (Å²) < 4.78 is 23.9. The minimum absolute atomic E-state index is 0.0792. The first kappa shape index (κ1) is 19.6. The molecule has 0 aliphatic heterocycles. The number of hydrogen-bond acceptors (Lipinski definition) is 6. The number of nitro groups is 1. The second-order valence-corrected chi connectivity index (χ2v) is 5.10. The molecule has 0 aromatic heterocycles. The van der Waals surface area contributed by atoms with E-state index in [1.807, 2.05) is 10.9 Å². The monoisotopic (exact) mass is 377 g/mol. The van der Waals surface area contributed by atoms with E-state index in [1.54, 1.807) is 6.92 Å². The third kappa shape index (κ3) is 4.48. The largest absolute Gasteiger partial charge is 0.493 e. The van der Waals surface area contributed by atoms with Crippen LogP contribution in [-0.2, 0) is 0 Å². The van der Waals surface area contributed by atoms with Gasteiger partial charge in [-0.1, -0.05) is 12.1 Å². The number of carbonyl (C=O) groups excluding carboxylic acids is 2. The highest BCUT2D eigenvalue weighted by molar-refractivity contribution is 6.01. The maximum absolute atomic E-state index is 13.6. The van der Waals surface area contributed by atoms with E-state index < -0.39 is 28.2 Å². The first-order valence-corrected chi connectivity index (χ1v) is 7.73. The summed E-state index contributed by atoms with van der Waals surface area (Å²) in [4.78, 5) is 34.8. The summed E-state index contributed by atoms with van der Waals surface area (Å²) in [6, 6.07) is 7.33. The molecule has 0 fully saturated rings. The molecule has 0 saturated carbocycles. The van der Waals surface area contributed by atoms with E-state index in [-0.39, 0.29) is 29.2 Å². The minimum Gasteiger partial charge on any atom is -0.493 e. The maximum Gasteiger partial charge on any atom is 0.286 e. The summed E-state index contributed by atoms with van der Waals surface area (Å²) in [7, 11) is 1.30. The highest BCUT2D eigenvalue weighted by Crippen LogP contribution is 2.34. The fraction of sp³-hybridized carbons (Fsp3) is 0.176. The van der Waals surface area contributed by atoms with Crippen molar-refractivity contribution in [3.8, 4) is 11.5 Å². The average molecular weight is 377 g/mol. The number of carbonyl (C=O) groups is 2. The van der Waals surface area contributed by atoms with Gasteiger partial charge in [0, 0.05) is 6.07 Å². The van der Waals surface area contributed by atoms with Gasteiger partial charge in [0.05, 0.1) is 30.3 Å². The number of benzene rings is 2. The van der Waals surface area contributed by atoms with E-state index in [4.69, 9.17) is 9.47 Å². The number of rotatable bonds is 6. The van der Waals surface area contributed by atoms with Crippen LogP contribution in [0.5, 0.6) is 11.5 Å². The average Bonchev–Trinajstić information content (AvgIpc) is 2.65. The van der Waals surface area contributed by atoms with Gasteiger partial charge in [-0.05, 0) is 19.1 Å². The predicted molar refractivity (Wildman–Crippen MR) is 92.1 cm³/mol. The van der Waals surface area contributed by atoms with E-state index in [0.29, 0.717) is 0 Å². The van der Waals surface area contributed by atoms with Crippen LogP contribution in [-0.4, -0.2) is 30.5 Å². The molecule has 2 aromatic carbocycles. The lowest BCUT2D eigenvalue weighted by Gasteiger charge is -2.12. The van der Waals surface area contributed by atoms with Crippen molar-refractivity contribution in [2.45, 2.75) is 6.92 Å². The molecule has 0 aliphatic rings. The molecule has 2 aromatic rings. The summed E-state index contributed by atoms with van der Waals surface area (Å²) in [5.41, 5.74) is 2.83. The number of hydrazine groups is 1. The van der Waals surface area contributed by atoms with Gasteiger partial charge in [0.1, 0.15) is 11.4 Å². The summed E-state index contributed by atoms with van der Waals surface area (Å²) in [6.07, 6.45) is 0. The van der Waals surface area contributed by atoms with Crippen LogP contribution >= 0.6 is 0 Å². The molecule has 142 valence electrons. The molecule has 27 heavy (non-hydrogen) atoms. The van der Waals surface area contributed by atoms with Crippen molar-refractivity contribution < 1.29 is 28.4 Å². The Hall–Kier alpha value is -3.69. The number of ether oxygens (including phenoxy) is 2. The Kier molecular flexibility index (Phi) is 6.26. The van der Waals surface area contributed by atoms with E-state index in [2.05, 4.69) is 0 Å². The summed E-state index contributed by atoms with van der Waals surface area (Å²) in [5, 5.41) is 11.3. The van der Waals surface area contributed by atoms with Gasteiger partial charge in [0.15, 0.2) is 11.5 Å². The number of methoxy groups -OCH3 is 1. The van der Waals surface area contributed by atoms with Crippen molar-refractivity contribution in [2.24, 2.45) is 0 Å². The van der Waals surface area contributed by atoms with Gasteiger partial charge in [-0.25, -0.2) is 4.39 Å². The lowest BCUT2D eigenvalue weighted by atomic mass is 10.1. The van der Waals surface area contributed by atoms with E-state index >= 15 is 0 Å². The molecule has 0 unspecified atom stereocenters. The molecule has 10 heteroatoms. The number of nitrogens with zero attached hydrogens (tertiary/aromatic N) is 1. The van der Waals surface area contributed by atoms with Gasteiger partial charge in [0.2, 0.25) is 0 Å². The van der Waals surface area contributed by atoms with Crippen molar-refractivity contribution >= 4 is 17.5 Å². The minimum atomic E-state index is -0.977. The lowest BCUT2D eigenvalue weighted by molar-refractivity contribution is -0.385. The van der Waals surface area contributed by atoms with Crippen LogP contribution in [0.1, 0.15) is 27.6 Å².